The van der Waals surface area contributed by atoms with Crippen LogP contribution in [0.3, 0.4) is 0 Å². The fourth-order valence-electron chi connectivity index (χ4n) is 3.89. The first-order chi connectivity index (χ1) is 12.1. The van der Waals surface area contributed by atoms with Gasteiger partial charge in [0.2, 0.25) is 0 Å². The van der Waals surface area contributed by atoms with Crippen molar-refractivity contribution in [2.45, 2.75) is 65.1 Å². The van der Waals surface area contributed by atoms with Crippen LogP contribution in [-0.4, -0.2) is 64.4 Å². The van der Waals surface area contributed by atoms with E-state index in [9.17, 15) is 0 Å². The van der Waals surface area contributed by atoms with Crippen LogP contribution in [0.1, 0.15) is 44.8 Å². The third kappa shape index (κ3) is 4.51. The maximum atomic E-state index is 4.42. The Bertz CT molecular complexity index is 584. The van der Waals surface area contributed by atoms with E-state index in [1.165, 1.54) is 25.9 Å². The van der Waals surface area contributed by atoms with Crippen molar-refractivity contribution in [3.8, 4) is 0 Å². The molecule has 1 saturated heterocycles. The second kappa shape index (κ2) is 8.17. The molecule has 140 valence electrons. The van der Waals surface area contributed by atoms with Gasteiger partial charge in [-0.05, 0) is 46.0 Å². The molecule has 7 heteroatoms. The molecule has 0 aromatic carbocycles. The van der Waals surface area contributed by atoms with Gasteiger partial charge in [-0.15, -0.1) is 10.2 Å². The molecule has 1 aromatic heterocycles. The summed E-state index contributed by atoms with van der Waals surface area (Å²) in [5.41, 5.74) is 0. The van der Waals surface area contributed by atoms with Crippen molar-refractivity contribution in [2.24, 2.45) is 10.9 Å². The SMILES string of the molecule is CN=C(NCC1CCc2nnc(C)n2C1)NC1CCN(C(C)C)CC1. The largest absolute Gasteiger partial charge is 0.356 e. The van der Waals surface area contributed by atoms with Gasteiger partial charge in [0.05, 0.1) is 0 Å². The van der Waals surface area contributed by atoms with E-state index in [0.29, 0.717) is 18.0 Å². The summed E-state index contributed by atoms with van der Waals surface area (Å²) in [6, 6.07) is 1.18. The van der Waals surface area contributed by atoms with Gasteiger partial charge in [0.1, 0.15) is 11.6 Å². The quantitative estimate of drug-likeness (QED) is 0.632. The van der Waals surface area contributed by atoms with Gasteiger partial charge < -0.3 is 20.1 Å². The first kappa shape index (κ1) is 18.2. The Labute approximate surface area is 151 Å². The first-order valence-electron chi connectivity index (χ1n) is 9.66. The van der Waals surface area contributed by atoms with E-state index in [1.54, 1.807) is 0 Å². The number of guanidine groups is 1. The van der Waals surface area contributed by atoms with Crippen molar-refractivity contribution in [1.29, 1.82) is 0 Å². The molecule has 0 amide bonds. The smallest absolute Gasteiger partial charge is 0.191 e. The minimum Gasteiger partial charge on any atom is -0.356 e. The van der Waals surface area contributed by atoms with Crippen molar-refractivity contribution in [3.63, 3.8) is 0 Å². The number of fused-ring (bicyclic) bond motifs is 1. The van der Waals surface area contributed by atoms with Gasteiger partial charge >= 0.3 is 0 Å². The number of likely N-dealkylation sites (tertiary alicyclic amines) is 1. The molecule has 1 unspecified atom stereocenters. The number of aliphatic imine (C=N–C) groups is 1. The lowest BCUT2D eigenvalue weighted by Crippen LogP contribution is -2.50. The monoisotopic (exact) mass is 347 g/mol. The van der Waals surface area contributed by atoms with Crippen LogP contribution in [0.15, 0.2) is 4.99 Å². The molecule has 0 spiro atoms. The molecule has 0 aliphatic carbocycles. The molecular formula is C18H33N7. The standard InChI is InChI=1S/C18H33N7/c1-13(2)24-9-7-16(8-10-24)21-18(19-4)20-11-15-5-6-17-23-22-14(3)25(17)12-15/h13,15-16H,5-12H2,1-4H3,(H2,19,20,21). The van der Waals surface area contributed by atoms with E-state index < -0.39 is 0 Å². The second-order valence-corrected chi connectivity index (χ2v) is 7.68. The third-order valence-electron chi connectivity index (χ3n) is 5.61. The molecule has 3 rings (SSSR count). The number of hydrogen-bond acceptors (Lipinski definition) is 4. The zero-order chi connectivity index (χ0) is 17.8. The molecule has 1 aromatic rings. The van der Waals surface area contributed by atoms with Crippen molar-refractivity contribution < 1.29 is 0 Å². The molecule has 1 fully saturated rings. The summed E-state index contributed by atoms with van der Waals surface area (Å²) < 4.78 is 2.26. The molecule has 0 bridgehead atoms. The van der Waals surface area contributed by atoms with E-state index in [4.69, 9.17) is 0 Å². The summed E-state index contributed by atoms with van der Waals surface area (Å²) in [5.74, 6) is 3.70. The fraction of sp³-hybridized carbons (Fsp3) is 0.833. The highest BCUT2D eigenvalue weighted by Crippen LogP contribution is 2.19. The van der Waals surface area contributed by atoms with E-state index in [1.807, 2.05) is 14.0 Å². The highest BCUT2D eigenvalue weighted by atomic mass is 15.3. The Hall–Kier alpha value is -1.63. The average molecular weight is 348 g/mol. The number of aryl methyl sites for hydroxylation is 2. The van der Waals surface area contributed by atoms with Crippen LogP contribution in [0, 0.1) is 12.8 Å². The summed E-state index contributed by atoms with van der Waals surface area (Å²) in [6.07, 6.45) is 4.55. The van der Waals surface area contributed by atoms with Gasteiger partial charge in [-0.2, -0.15) is 0 Å². The van der Waals surface area contributed by atoms with Gasteiger partial charge in [-0.1, -0.05) is 0 Å². The van der Waals surface area contributed by atoms with Crippen LogP contribution in [0.4, 0.5) is 0 Å². The topological polar surface area (TPSA) is 70.4 Å². The first-order valence-corrected chi connectivity index (χ1v) is 9.66. The Morgan fingerprint density at radius 3 is 2.68 bits per heavy atom. The zero-order valence-electron chi connectivity index (χ0n) is 16.1. The van der Waals surface area contributed by atoms with Crippen LogP contribution in [-0.2, 0) is 13.0 Å². The molecule has 2 N–H and O–H groups in total. The summed E-state index contributed by atoms with van der Waals surface area (Å²) in [4.78, 5) is 6.97. The summed E-state index contributed by atoms with van der Waals surface area (Å²) >= 11 is 0. The predicted molar refractivity (Wildman–Crippen MR) is 101 cm³/mol. The van der Waals surface area contributed by atoms with Crippen LogP contribution >= 0.6 is 0 Å². The fourth-order valence-corrected chi connectivity index (χ4v) is 3.89. The van der Waals surface area contributed by atoms with Gasteiger partial charge in [0.15, 0.2) is 5.96 Å². The number of nitrogens with one attached hydrogen (secondary N) is 2. The normalized spacial score (nSPS) is 22.9. The van der Waals surface area contributed by atoms with Crippen molar-refractivity contribution >= 4 is 5.96 Å². The maximum absolute atomic E-state index is 4.42. The lowest BCUT2D eigenvalue weighted by molar-refractivity contribution is 0.167. The molecule has 0 saturated carbocycles. The van der Waals surface area contributed by atoms with Crippen molar-refractivity contribution in [3.05, 3.63) is 11.6 Å². The van der Waals surface area contributed by atoms with Crippen LogP contribution in [0.25, 0.3) is 0 Å². The molecule has 3 heterocycles. The number of aromatic nitrogens is 3. The summed E-state index contributed by atoms with van der Waals surface area (Å²) in [5, 5.41) is 15.6. The molecule has 2 aliphatic rings. The van der Waals surface area contributed by atoms with Gasteiger partial charge in [-0.25, -0.2) is 0 Å². The van der Waals surface area contributed by atoms with Gasteiger partial charge in [0, 0.05) is 51.7 Å². The summed E-state index contributed by atoms with van der Waals surface area (Å²) in [7, 11) is 1.86. The van der Waals surface area contributed by atoms with E-state index >= 15 is 0 Å². The Kier molecular flexibility index (Phi) is 5.93. The minimum atomic E-state index is 0.527. The maximum Gasteiger partial charge on any atom is 0.191 e. The van der Waals surface area contributed by atoms with E-state index in [-0.39, 0.29) is 0 Å². The highest BCUT2D eigenvalue weighted by Gasteiger charge is 2.23. The molecular weight excluding hydrogens is 314 g/mol. The summed E-state index contributed by atoms with van der Waals surface area (Å²) in [6.45, 7) is 10.9. The Morgan fingerprint density at radius 1 is 1.24 bits per heavy atom. The molecule has 7 nitrogen and oxygen atoms in total. The van der Waals surface area contributed by atoms with Gasteiger partial charge in [0.25, 0.3) is 0 Å². The third-order valence-corrected chi connectivity index (χ3v) is 5.61. The lowest BCUT2D eigenvalue weighted by atomic mass is 9.99. The molecule has 2 aliphatic heterocycles. The molecule has 25 heavy (non-hydrogen) atoms. The van der Waals surface area contributed by atoms with Crippen molar-refractivity contribution in [2.75, 3.05) is 26.7 Å². The number of rotatable bonds is 4. The van der Waals surface area contributed by atoms with E-state index in [2.05, 4.69) is 49.1 Å². The van der Waals surface area contributed by atoms with Crippen LogP contribution in [0.5, 0.6) is 0 Å². The van der Waals surface area contributed by atoms with E-state index in [0.717, 1.165) is 43.5 Å². The van der Waals surface area contributed by atoms with Gasteiger partial charge in [-0.3, -0.25) is 4.99 Å². The lowest BCUT2D eigenvalue weighted by Gasteiger charge is -2.35. The minimum absolute atomic E-state index is 0.527. The van der Waals surface area contributed by atoms with Crippen LogP contribution < -0.4 is 10.6 Å². The number of piperidine rings is 1. The Morgan fingerprint density at radius 2 is 2.00 bits per heavy atom. The highest BCUT2D eigenvalue weighted by molar-refractivity contribution is 5.79. The second-order valence-electron chi connectivity index (χ2n) is 7.68. The molecule has 0 radical (unpaired) electrons. The zero-order valence-corrected chi connectivity index (χ0v) is 16.1. The molecule has 1 atom stereocenters. The number of nitrogens with zero attached hydrogens (tertiary/aromatic N) is 5. The Balaban J connectivity index is 1.44. The van der Waals surface area contributed by atoms with Crippen LogP contribution in [0.2, 0.25) is 0 Å². The average Bonchev–Trinajstić information content (AvgIpc) is 2.99. The van der Waals surface area contributed by atoms with Crippen molar-refractivity contribution in [1.82, 2.24) is 30.3 Å². The predicted octanol–water partition coefficient (Wildman–Crippen LogP) is 1.19. The number of hydrogen-bond donors (Lipinski definition) is 2.